The van der Waals surface area contributed by atoms with E-state index in [4.69, 9.17) is 0 Å². The molecule has 2 aromatic rings. The van der Waals surface area contributed by atoms with Crippen LogP contribution in [0.25, 0.3) is 0 Å². The molecule has 0 spiro atoms. The summed E-state index contributed by atoms with van der Waals surface area (Å²) in [5, 5.41) is 0. The first-order valence-corrected chi connectivity index (χ1v) is 7.04. The second-order valence-corrected chi connectivity index (χ2v) is 5.75. The van der Waals surface area contributed by atoms with Gasteiger partial charge in [-0.3, -0.25) is 0 Å². The summed E-state index contributed by atoms with van der Waals surface area (Å²) < 4.78 is 8.68. The van der Waals surface area contributed by atoms with Crippen molar-refractivity contribution in [3.05, 3.63) is 46.8 Å². The Labute approximate surface area is 108 Å². The monoisotopic (exact) mass is 344 g/mol. The van der Waals surface area contributed by atoms with Crippen molar-refractivity contribution in [1.29, 1.82) is 0 Å². The Bertz CT molecular complexity index is 468. The third kappa shape index (κ3) is 1.40. The molecule has 0 bridgehead atoms. The van der Waals surface area contributed by atoms with E-state index in [0.29, 0.717) is 0 Å². The zero-order valence-corrected chi connectivity index (χ0v) is 11.5. The maximum absolute atomic E-state index is 4.34. The average Bonchev–Trinajstić information content (AvgIpc) is 2.75. The zero-order valence-electron chi connectivity index (χ0n) is 7.52. The summed E-state index contributed by atoms with van der Waals surface area (Å²) in [6.45, 7) is 0. The van der Waals surface area contributed by atoms with Crippen LogP contribution in [0.5, 0.6) is 0 Å². The summed E-state index contributed by atoms with van der Waals surface area (Å²) in [6.07, 6.45) is 0. The lowest BCUT2D eigenvalue weighted by Gasteiger charge is -2.23. The molecule has 3 rings (SSSR count). The molecular weight excluding hydrogens is 340 g/mol. The third-order valence-electron chi connectivity index (χ3n) is 2.56. The highest BCUT2D eigenvalue weighted by molar-refractivity contribution is 9.09. The van der Waals surface area contributed by atoms with Crippen LogP contribution in [0.4, 0.5) is 0 Å². The van der Waals surface area contributed by atoms with E-state index in [1.54, 1.807) is 0 Å². The van der Waals surface area contributed by atoms with Crippen molar-refractivity contribution in [2.45, 2.75) is 9.65 Å². The molecule has 1 heterocycles. The molecule has 1 aromatic heterocycles. The second kappa shape index (κ2) is 3.64. The molecule has 0 saturated carbocycles. The van der Waals surface area contributed by atoms with Crippen molar-refractivity contribution in [3.8, 4) is 0 Å². The number of halogens is 2. The van der Waals surface area contributed by atoms with Gasteiger partial charge in [-0.1, -0.05) is 56.1 Å². The van der Waals surface area contributed by atoms with E-state index >= 15 is 0 Å². The summed E-state index contributed by atoms with van der Waals surface area (Å²) in [5.41, 5.74) is 4.64. The highest BCUT2D eigenvalue weighted by Gasteiger charge is 2.32. The molecule has 0 radical (unpaired) electrons. The van der Waals surface area contributed by atoms with Gasteiger partial charge >= 0.3 is 0 Å². The van der Waals surface area contributed by atoms with E-state index in [0.717, 1.165) is 11.4 Å². The van der Waals surface area contributed by atoms with Gasteiger partial charge in [0, 0.05) is 0 Å². The van der Waals surface area contributed by atoms with Gasteiger partial charge in [0.25, 0.3) is 0 Å². The van der Waals surface area contributed by atoms with Crippen LogP contribution in [-0.4, -0.2) is 8.75 Å². The standard InChI is InChI=1S/C10H6Br2N2S/c11-7-5-3-1-2-4-6(5)8(12)10-9(7)13-15-14-10/h1-4,7-8H. The van der Waals surface area contributed by atoms with Crippen molar-refractivity contribution in [2.75, 3.05) is 0 Å². The van der Waals surface area contributed by atoms with Crippen molar-refractivity contribution in [3.63, 3.8) is 0 Å². The number of benzene rings is 1. The minimum absolute atomic E-state index is 0.177. The lowest BCUT2D eigenvalue weighted by Crippen LogP contribution is -2.11. The fraction of sp³-hybridized carbons (Fsp3) is 0.200. The van der Waals surface area contributed by atoms with Gasteiger partial charge < -0.3 is 0 Å². The number of hydrogen-bond acceptors (Lipinski definition) is 3. The van der Waals surface area contributed by atoms with E-state index in [2.05, 4.69) is 64.9 Å². The lowest BCUT2D eigenvalue weighted by molar-refractivity contribution is 0.939. The minimum atomic E-state index is 0.177. The predicted molar refractivity (Wildman–Crippen MR) is 67.9 cm³/mol. The van der Waals surface area contributed by atoms with Gasteiger partial charge in [0.1, 0.15) is 0 Å². The quantitative estimate of drug-likeness (QED) is 0.678. The Morgan fingerprint density at radius 2 is 1.40 bits per heavy atom. The molecule has 0 amide bonds. The molecule has 15 heavy (non-hydrogen) atoms. The molecule has 0 aliphatic heterocycles. The number of alkyl halides is 2. The SMILES string of the molecule is BrC1c2ccccc2C(Br)c2nsnc21. The van der Waals surface area contributed by atoms with Crippen LogP contribution in [0.2, 0.25) is 0 Å². The first kappa shape index (κ1) is 9.93. The lowest BCUT2D eigenvalue weighted by atomic mass is 9.92. The van der Waals surface area contributed by atoms with Crippen molar-refractivity contribution < 1.29 is 0 Å². The summed E-state index contributed by atoms with van der Waals surface area (Å²) in [6, 6.07) is 8.37. The minimum Gasteiger partial charge on any atom is -0.176 e. The van der Waals surface area contributed by atoms with E-state index in [-0.39, 0.29) is 9.65 Å². The number of hydrogen-bond donors (Lipinski definition) is 0. The molecule has 2 atom stereocenters. The van der Waals surface area contributed by atoms with Gasteiger partial charge in [-0.25, -0.2) is 0 Å². The highest BCUT2D eigenvalue weighted by Crippen LogP contribution is 2.47. The van der Waals surface area contributed by atoms with Gasteiger partial charge in [-0.05, 0) is 11.1 Å². The van der Waals surface area contributed by atoms with Gasteiger partial charge in [-0.15, -0.1) is 0 Å². The Hall–Kier alpha value is -0.260. The molecular formula is C10H6Br2N2S. The predicted octanol–water partition coefficient (Wildman–Crippen LogP) is 3.82. The molecule has 2 nitrogen and oxygen atoms in total. The molecule has 0 saturated heterocycles. The molecule has 1 aliphatic rings. The Morgan fingerprint density at radius 1 is 0.933 bits per heavy atom. The number of aromatic nitrogens is 2. The fourth-order valence-electron chi connectivity index (χ4n) is 1.82. The first-order chi connectivity index (χ1) is 7.29. The summed E-state index contributed by atoms with van der Waals surface area (Å²) >= 11 is 8.62. The van der Waals surface area contributed by atoms with Crippen molar-refractivity contribution in [2.24, 2.45) is 0 Å². The highest BCUT2D eigenvalue weighted by atomic mass is 79.9. The zero-order chi connectivity index (χ0) is 10.4. The van der Waals surface area contributed by atoms with Gasteiger partial charge in [0.15, 0.2) is 0 Å². The van der Waals surface area contributed by atoms with Crippen LogP contribution in [0.15, 0.2) is 24.3 Å². The Morgan fingerprint density at radius 3 is 1.87 bits per heavy atom. The van der Waals surface area contributed by atoms with Crippen LogP contribution in [-0.2, 0) is 0 Å². The number of fused-ring (bicyclic) bond motifs is 2. The van der Waals surface area contributed by atoms with E-state index in [1.807, 2.05) is 0 Å². The topological polar surface area (TPSA) is 25.8 Å². The Balaban J connectivity index is 2.26. The largest absolute Gasteiger partial charge is 0.176 e. The Kier molecular flexibility index (Phi) is 2.41. The van der Waals surface area contributed by atoms with Crippen LogP contribution >= 0.6 is 43.6 Å². The molecule has 5 heteroatoms. The molecule has 1 aromatic carbocycles. The molecule has 76 valence electrons. The summed E-state index contributed by atoms with van der Waals surface area (Å²) in [5.74, 6) is 0. The molecule has 1 aliphatic carbocycles. The normalized spacial score (nSPS) is 23.3. The number of nitrogens with zero attached hydrogens (tertiary/aromatic N) is 2. The second-order valence-electron chi connectivity index (χ2n) is 3.39. The average molecular weight is 346 g/mol. The third-order valence-corrected chi connectivity index (χ3v) is 4.97. The van der Waals surface area contributed by atoms with Crippen LogP contribution in [0.1, 0.15) is 32.2 Å². The number of rotatable bonds is 0. The molecule has 0 N–H and O–H groups in total. The van der Waals surface area contributed by atoms with Crippen LogP contribution < -0.4 is 0 Å². The van der Waals surface area contributed by atoms with Gasteiger partial charge in [0.05, 0.1) is 32.8 Å². The van der Waals surface area contributed by atoms with Crippen LogP contribution in [0, 0.1) is 0 Å². The maximum atomic E-state index is 4.34. The van der Waals surface area contributed by atoms with Crippen molar-refractivity contribution in [1.82, 2.24) is 8.75 Å². The van der Waals surface area contributed by atoms with Crippen LogP contribution in [0.3, 0.4) is 0 Å². The van der Waals surface area contributed by atoms with Gasteiger partial charge in [0.2, 0.25) is 0 Å². The van der Waals surface area contributed by atoms with E-state index < -0.39 is 0 Å². The maximum Gasteiger partial charge on any atom is 0.0971 e. The first-order valence-electron chi connectivity index (χ1n) is 4.48. The van der Waals surface area contributed by atoms with E-state index in [9.17, 15) is 0 Å². The van der Waals surface area contributed by atoms with E-state index in [1.165, 1.54) is 22.9 Å². The molecule has 2 unspecified atom stereocenters. The molecule has 0 fully saturated rings. The summed E-state index contributed by atoms with van der Waals surface area (Å²) in [4.78, 5) is 0.354. The summed E-state index contributed by atoms with van der Waals surface area (Å²) in [7, 11) is 0. The fourth-order valence-corrected chi connectivity index (χ4v) is 4.21. The smallest absolute Gasteiger partial charge is 0.0971 e. The van der Waals surface area contributed by atoms with Gasteiger partial charge in [-0.2, -0.15) is 8.75 Å². The van der Waals surface area contributed by atoms with Crippen molar-refractivity contribution >= 4 is 43.6 Å².